The van der Waals surface area contributed by atoms with E-state index in [9.17, 15) is 0 Å². The first-order chi connectivity index (χ1) is 7.45. The summed E-state index contributed by atoms with van der Waals surface area (Å²) in [5.74, 6) is 1.71. The molecule has 3 nitrogen and oxygen atoms in total. The van der Waals surface area contributed by atoms with E-state index < -0.39 is 0 Å². The van der Waals surface area contributed by atoms with Crippen molar-refractivity contribution in [3.05, 3.63) is 0 Å². The number of nitrogens with one attached hydrogen (secondary N) is 1. The Hall–Kier alpha value is -0.120. The van der Waals surface area contributed by atoms with Gasteiger partial charge in [-0.05, 0) is 44.1 Å². The summed E-state index contributed by atoms with van der Waals surface area (Å²) in [6.45, 7) is 5.85. The first-order valence-electron chi connectivity index (χ1n) is 6.31. The van der Waals surface area contributed by atoms with Gasteiger partial charge in [0.1, 0.15) is 0 Å². The van der Waals surface area contributed by atoms with Crippen molar-refractivity contribution in [3.8, 4) is 0 Å². The van der Waals surface area contributed by atoms with E-state index in [4.69, 9.17) is 9.47 Å². The van der Waals surface area contributed by atoms with Crippen LogP contribution in [0, 0.1) is 11.8 Å². The lowest BCUT2D eigenvalue weighted by molar-refractivity contribution is 0.0214. The summed E-state index contributed by atoms with van der Waals surface area (Å²) in [6.07, 6.45) is 5.21. The molecule has 0 aromatic heterocycles. The molecule has 2 aliphatic rings. The second kappa shape index (κ2) is 6.46. The van der Waals surface area contributed by atoms with Gasteiger partial charge in [0, 0.05) is 26.4 Å². The van der Waals surface area contributed by atoms with Crippen LogP contribution in [0.25, 0.3) is 0 Å². The average molecular weight is 213 g/mol. The van der Waals surface area contributed by atoms with Gasteiger partial charge in [-0.2, -0.15) is 0 Å². The predicted octanol–water partition coefficient (Wildman–Crippen LogP) is 1.43. The molecule has 1 heterocycles. The summed E-state index contributed by atoms with van der Waals surface area (Å²) in [7, 11) is 0. The molecule has 2 fully saturated rings. The largest absolute Gasteiger partial charge is 0.381 e. The monoisotopic (exact) mass is 213 g/mol. The first kappa shape index (κ1) is 11.4. The van der Waals surface area contributed by atoms with Gasteiger partial charge >= 0.3 is 0 Å². The second-order valence-corrected chi connectivity index (χ2v) is 4.78. The molecule has 1 saturated carbocycles. The summed E-state index contributed by atoms with van der Waals surface area (Å²) in [4.78, 5) is 0. The van der Waals surface area contributed by atoms with Gasteiger partial charge in [-0.1, -0.05) is 0 Å². The molecular weight excluding hydrogens is 190 g/mol. The number of hydrogen-bond donors (Lipinski definition) is 1. The Morgan fingerprint density at radius 3 is 2.60 bits per heavy atom. The minimum atomic E-state index is 0.738. The maximum Gasteiger partial charge on any atom is 0.0591 e. The molecule has 0 spiro atoms. The van der Waals surface area contributed by atoms with Gasteiger partial charge in [-0.3, -0.25) is 0 Å². The zero-order chi connectivity index (χ0) is 10.3. The van der Waals surface area contributed by atoms with Crippen LogP contribution in [0.5, 0.6) is 0 Å². The molecule has 3 heteroatoms. The van der Waals surface area contributed by atoms with Crippen molar-refractivity contribution in [3.63, 3.8) is 0 Å². The molecule has 0 bridgehead atoms. The molecule has 88 valence electrons. The lowest BCUT2D eigenvalue weighted by Gasteiger charge is -2.21. The Bertz CT molecular complexity index is 165. The highest BCUT2D eigenvalue weighted by Gasteiger charge is 2.20. The average Bonchev–Trinajstić information content (AvgIpc) is 3.09. The van der Waals surface area contributed by atoms with Gasteiger partial charge in [-0.15, -0.1) is 0 Å². The lowest BCUT2D eigenvalue weighted by Crippen LogP contribution is -2.25. The van der Waals surface area contributed by atoms with Crippen LogP contribution < -0.4 is 5.32 Å². The smallest absolute Gasteiger partial charge is 0.0591 e. The molecule has 2 rings (SSSR count). The molecule has 1 N–H and O–H groups in total. The normalized spacial score (nSPS) is 23.2. The Kier molecular flexibility index (Phi) is 4.90. The highest BCUT2D eigenvalue weighted by molar-refractivity contribution is 4.74. The first-order valence-corrected chi connectivity index (χ1v) is 6.31. The van der Waals surface area contributed by atoms with E-state index >= 15 is 0 Å². The molecule has 0 radical (unpaired) electrons. The zero-order valence-corrected chi connectivity index (χ0v) is 9.54. The third-order valence-corrected chi connectivity index (χ3v) is 3.25. The zero-order valence-electron chi connectivity index (χ0n) is 9.54. The fourth-order valence-corrected chi connectivity index (χ4v) is 1.94. The van der Waals surface area contributed by atoms with Crippen LogP contribution in [0.1, 0.15) is 25.7 Å². The standard InChI is InChI=1S/C12H23NO2/c1-2-11(1)9-13-5-8-15-10-12-3-6-14-7-4-12/h11-13H,1-10H2. The van der Waals surface area contributed by atoms with Crippen molar-refractivity contribution in [2.24, 2.45) is 11.8 Å². The number of ether oxygens (including phenoxy) is 2. The molecule has 15 heavy (non-hydrogen) atoms. The van der Waals surface area contributed by atoms with Crippen LogP contribution >= 0.6 is 0 Å². The Morgan fingerprint density at radius 2 is 1.87 bits per heavy atom. The Balaban J connectivity index is 1.37. The third-order valence-electron chi connectivity index (χ3n) is 3.25. The molecule has 0 aromatic carbocycles. The van der Waals surface area contributed by atoms with Crippen molar-refractivity contribution in [1.82, 2.24) is 5.32 Å². The number of hydrogen-bond acceptors (Lipinski definition) is 3. The summed E-state index contributed by atoms with van der Waals surface area (Å²) >= 11 is 0. The Morgan fingerprint density at radius 1 is 1.07 bits per heavy atom. The molecule has 0 amide bonds. The summed E-state index contributed by atoms with van der Waals surface area (Å²) < 4.78 is 11.0. The van der Waals surface area contributed by atoms with Crippen LogP contribution in [0.3, 0.4) is 0 Å². The SMILES string of the molecule is C(COCC1CCOCC1)NCC1CC1. The van der Waals surface area contributed by atoms with Crippen molar-refractivity contribution in [1.29, 1.82) is 0 Å². The molecule has 1 aliphatic carbocycles. The van der Waals surface area contributed by atoms with Crippen molar-refractivity contribution >= 4 is 0 Å². The van der Waals surface area contributed by atoms with Gasteiger partial charge in [0.25, 0.3) is 0 Å². The molecule has 1 aliphatic heterocycles. The van der Waals surface area contributed by atoms with Crippen molar-refractivity contribution in [2.75, 3.05) is 39.5 Å². The predicted molar refractivity (Wildman–Crippen MR) is 60.0 cm³/mol. The van der Waals surface area contributed by atoms with Crippen LogP contribution in [0.4, 0.5) is 0 Å². The molecule has 1 saturated heterocycles. The van der Waals surface area contributed by atoms with Gasteiger partial charge in [0.2, 0.25) is 0 Å². The minimum absolute atomic E-state index is 0.738. The van der Waals surface area contributed by atoms with Crippen LogP contribution in [0.2, 0.25) is 0 Å². The summed E-state index contributed by atoms with van der Waals surface area (Å²) in [6, 6.07) is 0. The van der Waals surface area contributed by atoms with Crippen LogP contribution in [-0.4, -0.2) is 39.5 Å². The molecular formula is C12H23NO2. The van der Waals surface area contributed by atoms with E-state index in [1.807, 2.05) is 0 Å². The molecule has 0 atom stereocenters. The van der Waals surface area contributed by atoms with Gasteiger partial charge in [-0.25, -0.2) is 0 Å². The van der Waals surface area contributed by atoms with E-state index in [-0.39, 0.29) is 0 Å². The fourth-order valence-electron chi connectivity index (χ4n) is 1.94. The van der Waals surface area contributed by atoms with Gasteiger partial charge in [0.15, 0.2) is 0 Å². The minimum Gasteiger partial charge on any atom is -0.381 e. The van der Waals surface area contributed by atoms with Crippen molar-refractivity contribution in [2.45, 2.75) is 25.7 Å². The van der Waals surface area contributed by atoms with Crippen LogP contribution in [0.15, 0.2) is 0 Å². The highest BCUT2D eigenvalue weighted by Crippen LogP contribution is 2.27. The van der Waals surface area contributed by atoms with Gasteiger partial charge in [0.05, 0.1) is 6.61 Å². The molecule has 0 aromatic rings. The van der Waals surface area contributed by atoms with E-state index in [1.165, 1.54) is 32.2 Å². The number of rotatable bonds is 7. The topological polar surface area (TPSA) is 30.5 Å². The highest BCUT2D eigenvalue weighted by atomic mass is 16.5. The third kappa shape index (κ3) is 4.96. The van der Waals surface area contributed by atoms with Crippen LogP contribution in [-0.2, 0) is 9.47 Å². The molecule has 0 unspecified atom stereocenters. The lowest BCUT2D eigenvalue weighted by atomic mass is 10.0. The Labute approximate surface area is 92.5 Å². The van der Waals surface area contributed by atoms with E-state index in [0.29, 0.717) is 0 Å². The second-order valence-electron chi connectivity index (χ2n) is 4.78. The van der Waals surface area contributed by atoms with E-state index in [0.717, 1.165) is 44.8 Å². The van der Waals surface area contributed by atoms with Crippen molar-refractivity contribution < 1.29 is 9.47 Å². The van der Waals surface area contributed by atoms with Gasteiger partial charge < -0.3 is 14.8 Å². The maximum atomic E-state index is 5.66. The summed E-state index contributed by atoms with van der Waals surface area (Å²) in [5, 5.41) is 3.44. The van der Waals surface area contributed by atoms with E-state index in [1.54, 1.807) is 0 Å². The summed E-state index contributed by atoms with van der Waals surface area (Å²) in [5.41, 5.74) is 0. The maximum absolute atomic E-state index is 5.66. The quantitative estimate of drug-likeness (QED) is 0.649. The van der Waals surface area contributed by atoms with E-state index in [2.05, 4.69) is 5.32 Å². The fraction of sp³-hybridized carbons (Fsp3) is 1.00.